The standard InChI is InChI=1S/C21H26N2O2S/c1-5-25-20(24)16-10-8-11-17(13-16)22-21(26)23-19(14(2)3)18-12-7-6-9-15(18)4/h6-14,19H,5H2,1-4H3,(H2,22,23,26). The van der Waals surface area contributed by atoms with Gasteiger partial charge in [0, 0.05) is 5.69 Å². The Morgan fingerprint density at radius 2 is 1.88 bits per heavy atom. The third-order valence-corrected chi connectivity index (χ3v) is 4.33. The summed E-state index contributed by atoms with van der Waals surface area (Å²) in [5.74, 6) is 0.0247. The van der Waals surface area contributed by atoms with Gasteiger partial charge in [-0.3, -0.25) is 0 Å². The first-order chi connectivity index (χ1) is 12.4. The molecule has 0 aromatic heterocycles. The van der Waals surface area contributed by atoms with Crippen molar-refractivity contribution in [2.24, 2.45) is 5.92 Å². The molecule has 2 N–H and O–H groups in total. The molecule has 0 aliphatic heterocycles. The molecule has 2 aromatic carbocycles. The topological polar surface area (TPSA) is 50.4 Å². The molecule has 0 saturated carbocycles. The lowest BCUT2D eigenvalue weighted by atomic mass is 9.93. The molecule has 0 saturated heterocycles. The molecule has 0 aliphatic rings. The summed E-state index contributed by atoms with van der Waals surface area (Å²) in [4.78, 5) is 11.9. The number of nitrogens with one attached hydrogen (secondary N) is 2. The van der Waals surface area contributed by atoms with Gasteiger partial charge in [0.25, 0.3) is 0 Å². The van der Waals surface area contributed by atoms with Crippen LogP contribution >= 0.6 is 12.2 Å². The fourth-order valence-electron chi connectivity index (χ4n) is 2.79. The van der Waals surface area contributed by atoms with E-state index in [1.165, 1.54) is 11.1 Å². The Hall–Kier alpha value is -2.40. The van der Waals surface area contributed by atoms with Crippen LogP contribution in [0, 0.1) is 12.8 Å². The van der Waals surface area contributed by atoms with Crippen molar-refractivity contribution in [3.05, 3.63) is 65.2 Å². The summed E-state index contributed by atoms with van der Waals surface area (Å²) in [6, 6.07) is 15.5. The SMILES string of the molecule is CCOC(=O)c1cccc(NC(=S)NC(c2ccccc2C)C(C)C)c1. The van der Waals surface area contributed by atoms with E-state index < -0.39 is 0 Å². The fourth-order valence-corrected chi connectivity index (χ4v) is 3.03. The Labute approximate surface area is 161 Å². The number of anilines is 1. The van der Waals surface area contributed by atoms with Crippen LogP contribution in [0.3, 0.4) is 0 Å². The molecule has 0 aliphatic carbocycles. The number of hydrogen-bond donors (Lipinski definition) is 2. The quantitative estimate of drug-likeness (QED) is 0.562. The molecule has 0 bridgehead atoms. The number of thiocarbonyl (C=S) groups is 1. The van der Waals surface area contributed by atoms with E-state index in [9.17, 15) is 4.79 Å². The minimum Gasteiger partial charge on any atom is -0.462 e. The van der Waals surface area contributed by atoms with Crippen molar-refractivity contribution < 1.29 is 9.53 Å². The molecule has 0 heterocycles. The summed E-state index contributed by atoms with van der Waals surface area (Å²) in [7, 11) is 0. The van der Waals surface area contributed by atoms with Crippen molar-refractivity contribution in [3.63, 3.8) is 0 Å². The van der Waals surface area contributed by atoms with Crippen molar-refractivity contribution >= 4 is 29.0 Å². The monoisotopic (exact) mass is 370 g/mol. The molecule has 138 valence electrons. The Morgan fingerprint density at radius 1 is 1.15 bits per heavy atom. The lowest BCUT2D eigenvalue weighted by Gasteiger charge is -2.26. The number of carbonyl (C=O) groups is 1. The number of ether oxygens (including phenoxy) is 1. The molecule has 1 unspecified atom stereocenters. The van der Waals surface area contributed by atoms with Gasteiger partial charge in [-0.2, -0.15) is 0 Å². The summed E-state index contributed by atoms with van der Waals surface area (Å²) >= 11 is 5.50. The number of benzene rings is 2. The molecule has 5 heteroatoms. The van der Waals surface area contributed by atoms with Crippen LogP contribution in [-0.2, 0) is 4.74 Å². The van der Waals surface area contributed by atoms with Crippen LogP contribution in [0.15, 0.2) is 48.5 Å². The summed E-state index contributed by atoms with van der Waals surface area (Å²) in [5, 5.41) is 7.09. The molecule has 2 rings (SSSR count). The van der Waals surface area contributed by atoms with E-state index in [1.807, 2.05) is 18.2 Å². The highest BCUT2D eigenvalue weighted by molar-refractivity contribution is 7.80. The van der Waals surface area contributed by atoms with Gasteiger partial charge in [0.1, 0.15) is 0 Å². The van der Waals surface area contributed by atoms with Crippen LogP contribution in [-0.4, -0.2) is 17.7 Å². The number of hydrogen-bond acceptors (Lipinski definition) is 3. The highest BCUT2D eigenvalue weighted by Crippen LogP contribution is 2.24. The van der Waals surface area contributed by atoms with Gasteiger partial charge in [-0.05, 0) is 61.3 Å². The Bertz CT molecular complexity index is 774. The minimum atomic E-state index is -0.338. The lowest BCUT2D eigenvalue weighted by Crippen LogP contribution is -2.35. The number of rotatable bonds is 6. The zero-order chi connectivity index (χ0) is 19.1. The Kier molecular flexibility index (Phi) is 7.16. The first-order valence-electron chi connectivity index (χ1n) is 8.82. The summed E-state index contributed by atoms with van der Waals surface area (Å²) < 4.78 is 5.04. The van der Waals surface area contributed by atoms with Gasteiger partial charge in [-0.1, -0.05) is 44.2 Å². The van der Waals surface area contributed by atoms with Gasteiger partial charge in [0.2, 0.25) is 0 Å². The summed E-state index contributed by atoms with van der Waals surface area (Å²) in [6.07, 6.45) is 0. The second-order valence-electron chi connectivity index (χ2n) is 6.48. The van der Waals surface area contributed by atoms with E-state index >= 15 is 0 Å². The predicted molar refractivity (Wildman–Crippen MR) is 111 cm³/mol. The first kappa shape index (κ1) is 19.9. The maximum Gasteiger partial charge on any atom is 0.338 e. The van der Waals surface area contributed by atoms with Crippen LogP contribution in [0.5, 0.6) is 0 Å². The van der Waals surface area contributed by atoms with Crippen LogP contribution in [0.2, 0.25) is 0 Å². The van der Waals surface area contributed by atoms with E-state index in [0.29, 0.717) is 23.2 Å². The average Bonchev–Trinajstić information content (AvgIpc) is 2.60. The predicted octanol–water partition coefficient (Wildman–Crippen LogP) is 4.86. The molecule has 0 radical (unpaired) electrons. The van der Waals surface area contributed by atoms with Crippen molar-refractivity contribution in [1.82, 2.24) is 5.32 Å². The van der Waals surface area contributed by atoms with Gasteiger partial charge in [-0.15, -0.1) is 0 Å². The third-order valence-electron chi connectivity index (χ3n) is 4.11. The van der Waals surface area contributed by atoms with E-state index in [1.54, 1.807) is 25.1 Å². The second-order valence-corrected chi connectivity index (χ2v) is 6.89. The van der Waals surface area contributed by atoms with Gasteiger partial charge in [-0.25, -0.2) is 4.79 Å². The normalized spacial score (nSPS) is 11.7. The molecule has 4 nitrogen and oxygen atoms in total. The van der Waals surface area contributed by atoms with E-state index in [-0.39, 0.29) is 12.0 Å². The highest BCUT2D eigenvalue weighted by atomic mass is 32.1. The van der Waals surface area contributed by atoms with E-state index in [0.717, 1.165) is 5.69 Å². The minimum absolute atomic E-state index is 0.101. The van der Waals surface area contributed by atoms with Crippen LogP contribution in [0.1, 0.15) is 48.3 Å². The number of carbonyl (C=O) groups excluding carboxylic acids is 1. The smallest absolute Gasteiger partial charge is 0.338 e. The summed E-state index contributed by atoms with van der Waals surface area (Å²) in [5.41, 5.74) is 3.71. The summed E-state index contributed by atoms with van der Waals surface area (Å²) in [6.45, 7) is 8.56. The molecule has 0 amide bonds. The maximum absolute atomic E-state index is 11.9. The Balaban J connectivity index is 2.10. The Morgan fingerprint density at radius 3 is 2.54 bits per heavy atom. The average molecular weight is 371 g/mol. The first-order valence-corrected chi connectivity index (χ1v) is 9.23. The number of aryl methyl sites for hydroxylation is 1. The molecule has 2 aromatic rings. The zero-order valence-electron chi connectivity index (χ0n) is 15.7. The molecule has 0 spiro atoms. The molecule has 1 atom stereocenters. The van der Waals surface area contributed by atoms with Crippen molar-refractivity contribution in [2.45, 2.75) is 33.7 Å². The van der Waals surface area contributed by atoms with Gasteiger partial charge >= 0.3 is 5.97 Å². The van der Waals surface area contributed by atoms with Crippen LogP contribution in [0.25, 0.3) is 0 Å². The zero-order valence-corrected chi connectivity index (χ0v) is 16.5. The number of esters is 1. The van der Waals surface area contributed by atoms with Crippen LogP contribution < -0.4 is 10.6 Å². The second kappa shape index (κ2) is 9.34. The maximum atomic E-state index is 11.9. The molecular weight excluding hydrogens is 344 g/mol. The van der Waals surface area contributed by atoms with Crippen molar-refractivity contribution in [1.29, 1.82) is 0 Å². The third kappa shape index (κ3) is 5.30. The largest absolute Gasteiger partial charge is 0.462 e. The van der Waals surface area contributed by atoms with Gasteiger partial charge < -0.3 is 15.4 Å². The van der Waals surface area contributed by atoms with Crippen molar-refractivity contribution in [3.8, 4) is 0 Å². The van der Waals surface area contributed by atoms with Gasteiger partial charge in [0.05, 0.1) is 18.2 Å². The van der Waals surface area contributed by atoms with E-state index in [4.69, 9.17) is 17.0 Å². The highest BCUT2D eigenvalue weighted by Gasteiger charge is 2.18. The van der Waals surface area contributed by atoms with E-state index in [2.05, 4.69) is 43.5 Å². The molecule has 26 heavy (non-hydrogen) atoms. The molecular formula is C21H26N2O2S. The fraction of sp³-hybridized carbons (Fsp3) is 0.333. The van der Waals surface area contributed by atoms with Crippen molar-refractivity contribution in [2.75, 3.05) is 11.9 Å². The van der Waals surface area contributed by atoms with Crippen LogP contribution in [0.4, 0.5) is 5.69 Å². The van der Waals surface area contributed by atoms with Gasteiger partial charge in [0.15, 0.2) is 5.11 Å². The molecule has 0 fully saturated rings. The lowest BCUT2D eigenvalue weighted by molar-refractivity contribution is 0.0526.